The number of likely N-dealkylation sites (N-methyl/N-ethyl adjacent to an activating group) is 1. The molecule has 0 spiro atoms. The van der Waals surface area contributed by atoms with Gasteiger partial charge >= 0.3 is 0 Å². The van der Waals surface area contributed by atoms with Gasteiger partial charge in [-0.15, -0.1) is 11.3 Å². The first-order chi connectivity index (χ1) is 11.2. The predicted octanol–water partition coefficient (Wildman–Crippen LogP) is 2.92. The molecule has 1 aromatic heterocycles. The Balaban J connectivity index is 1.67. The molecule has 5 nitrogen and oxygen atoms in total. The van der Waals surface area contributed by atoms with Crippen molar-refractivity contribution in [3.05, 3.63) is 46.0 Å². The van der Waals surface area contributed by atoms with Crippen LogP contribution in [-0.2, 0) is 24.3 Å². The van der Waals surface area contributed by atoms with Gasteiger partial charge < -0.3 is 4.74 Å². The van der Waals surface area contributed by atoms with E-state index in [1.165, 1.54) is 4.88 Å². The number of anilines is 1. The highest BCUT2D eigenvalue weighted by Gasteiger charge is 2.20. The highest BCUT2D eigenvalue weighted by molar-refractivity contribution is 7.15. The summed E-state index contributed by atoms with van der Waals surface area (Å²) in [6.07, 6.45) is 0.960. The Morgan fingerprint density at radius 2 is 2.17 bits per heavy atom. The molecular weight excluding hydrogens is 310 g/mol. The van der Waals surface area contributed by atoms with E-state index in [1.807, 2.05) is 24.3 Å². The number of aromatic nitrogens is 1. The van der Waals surface area contributed by atoms with Gasteiger partial charge in [-0.3, -0.25) is 15.0 Å². The Morgan fingerprint density at radius 3 is 2.87 bits per heavy atom. The first-order valence-electron chi connectivity index (χ1n) is 7.79. The summed E-state index contributed by atoms with van der Waals surface area (Å²) in [4.78, 5) is 20.6. The minimum atomic E-state index is -0.118. The Morgan fingerprint density at radius 1 is 1.39 bits per heavy atom. The molecule has 3 rings (SSSR count). The van der Waals surface area contributed by atoms with Gasteiger partial charge in [-0.05, 0) is 24.2 Å². The van der Waals surface area contributed by atoms with Gasteiger partial charge in [0.25, 0.3) is 5.91 Å². The average Bonchev–Trinajstić information content (AvgIpc) is 2.96. The molecule has 0 radical (unpaired) electrons. The summed E-state index contributed by atoms with van der Waals surface area (Å²) in [5, 5.41) is 3.61. The van der Waals surface area contributed by atoms with Crippen LogP contribution in [0.2, 0.25) is 0 Å². The van der Waals surface area contributed by atoms with Gasteiger partial charge in [0.2, 0.25) is 0 Å². The number of nitrogens with zero attached hydrogens (tertiary/aromatic N) is 2. The third-order valence-corrected chi connectivity index (χ3v) is 5.00. The molecule has 0 saturated heterocycles. The monoisotopic (exact) mass is 331 g/mol. The fourth-order valence-electron chi connectivity index (χ4n) is 2.66. The number of fused-ring (bicyclic) bond motifs is 1. The molecule has 1 aliphatic rings. The molecule has 0 atom stereocenters. The molecule has 1 aromatic carbocycles. The Bertz CT molecular complexity index is 682. The number of rotatable bonds is 5. The second-order valence-corrected chi connectivity index (χ2v) is 6.68. The minimum absolute atomic E-state index is 0.118. The zero-order valence-electron chi connectivity index (χ0n) is 13.5. The first kappa shape index (κ1) is 16.1. The van der Waals surface area contributed by atoms with Crippen molar-refractivity contribution in [3.63, 3.8) is 0 Å². The molecule has 6 heteroatoms. The maximum Gasteiger partial charge on any atom is 0.257 e. The standard InChI is InChI=1S/C17H21N3O2S/c1-3-20-9-8-14-15(10-20)23-17(18-14)19-16(21)13-6-4-12(5-7-13)11-22-2/h4-7H,3,8-11H2,1-2H3,(H,18,19,21). The van der Waals surface area contributed by atoms with Crippen LogP contribution in [0.25, 0.3) is 0 Å². The number of amides is 1. The number of hydrogen-bond donors (Lipinski definition) is 1. The maximum atomic E-state index is 12.3. The summed E-state index contributed by atoms with van der Waals surface area (Å²) in [5.74, 6) is -0.118. The van der Waals surface area contributed by atoms with E-state index in [0.29, 0.717) is 17.3 Å². The number of benzene rings is 1. The molecule has 1 amide bonds. The topological polar surface area (TPSA) is 54.5 Å². The summed E-state index contributed by atoms with van der Waals surface area (Å²) in [5.41, 5.74) is 2.81. The van der Waals surface area contributed by atoms with E-state index in [9.17, 15) is 4.79 Å². The number of hydrogen-bond acceptors (Lipinski definition) is 5. The number of ether oxygens (including phenoxy) is 1. The summed E-state index contributed by atoms with van der Waals surface area (Å²) >= 11 is 1.58. The Labute approximate surface area is 140 Å². The van der Waals surface area contributed by atoms with Crippen molar-refractivity contribution < 1.29 is 9.53 Å². The van der Waals surface area contributed by atoms with Gasteiger partial charge in [0.05, 0.1) is 12.3 Å². The second-order valence-electron chi connectivity index (χ2n) is 5.59. The lowest BCUT2D eigenvalue weighted by Gasteiger charge is -2.23. The third kappa shape index (κ3) is 3.77. The quantitative estimate of drug-likeness (QED) is 0.915. The average molecular weight is 331 g/mol. The van der Waals surface area contributed by atoms with Gasteiger partial charge in [0, 0.05) is 37.1 Å². The zero-order valence-corrected chi connectivity index (χ0v) is 14.3. The minimum Gasteiger partial charge on any atom is -0.380 e. The molecule has 1 aliphatic heterocycles. The molecule has 0 saturated carbocycles. The van der Waals surface area contributed by atoms with E-state index >= 15 is 0 Å². The van der Waals surface area contributed by atoms with Crippen LogP contribution in [0.3, 0.4) is 0 Å². The number of nitrogens with one attached hydrogen (secondary N) is 1. The molecule has 0 unspecified atom stereocenters. The van der Waals surface area contributed by atoms with Crippen LogP contribution in [0.15, 0.2) is 24.3 Å². The van der Waals surface area contributed by atoms with Crippen LogP contribution in [-0.4, -0.2) is 36.0 Å². The van der Waals surface area contributed by atoms with Crippen molar-refractivity contribution in [1.29, 1.82) is 0 Å². The molecule has 1 N–H and O–H groups in total. The van der Waals surface area contributed by atoms with E-state index in [-0.39, 0.29) is 5.91 Å². The van der Waals surface area contributed by atoms with Crippen LogP contribution in [0, 0.1) is 0 Å². The van der Waals surface area contributed by atoms with Crippen molar-refractivity contribution in [2.75, 3.05) is 25.5 Å². The van der Waals surface area contributed by atoms with Crippen LogP contribution in [0.4, 0.5) is 5.13 Å². The number of carbonyl (C=O) groups excluding carboxylic acids is 1. The number of carbonyl (C=O) groups is 1. The molecule has 0 aliphatic carbocycles. The van der Waals surface area contributed by atoms with Crippen LogP contribution >= 0.6 is 11.3 Å². The summed E-state index contributed by atoms with van der Waals surface area (Å²) < 4.78 is 5.08. The molecule has 0 bridgehead atoms. The van der Waals surface area contributed by atoms with Crippen molar-refractivity contribution in [1.82, 2.24) is 9.88 Å². The first-order valence-corrected chi connectivity index (χ1v) is 8.61. The van der Waals surface area contributed by atoms with Crippen LogP contribution in [0.5, 0.6) is 0 Å². The molecule has 2 aromatic rings. The van der Waals surface area contributed by atoms with Gasteiger partial charge in [0.15, 0.2) is 5.13 Å². The molecule has 23 heavy (non-hydrogen) atoms. The highest BCUT2D eigenvalue weighted by Crippen LogP contribution is 2.28. The lowest BCUT2D eigenvalue weighted by atomic mass is 10.1. The van der Waals surface area contributed by atoms with Gasteiger partial charge in [-0.2, -0.15) is 0 Å². The highest BCUT2D eigenvalue weighted by atomic mass is 32.1. The Hall–Kier alpha value is -1.76. The van der Waals surface area contributed by atoms with E-state index in [4.69, 9.17) is 4.74 Å². The fraction of sp³-hybridized carbons (Fsp3) is 0.412. The summed E-state index contributed by atoms with van der Waals surface area (Å²) in [6, 6.07) is 7.45. The number of thiazole rings is 1. The molecule has 2 heterocycles. The molecule has 0 fully saturated rings. The summed E-state index contributed by atoms with van der Waals surface area (Å²) in [7, 11) is 1.66. The lowest BCUT2D eigenvalue weighted by molar-refractivity contribution is 0.102. The van der Waals surface area contributed by atoms with E-state index in [1.54, 1.807) is 18.4 Å². The third-order valence-electron chi connectivity index (χ3n) is 4.01. The SMILES string of the molecule is CCN1CCc2nc(NC(=O)c3ccc(COC)cc3)sc2C1. The van der Waals surface area contributed by atoms with Gasteiger partial charge in [-0.25, -0.2) is 4.98 Å². The van der Waals surface area contributed by atoms with Crippen LogP contribution < -0.4 is 5.32 Å². The molecule has 122 valence electrons. The van der Waals surface area contributed by atoms with Crippen molar-refractivity contribution >= 4 is 22.4 Å². The van der Waals surface area contributed by atoms with Crippen molar-refractivity contribution in [3.8, 4) is 0 Å². The second kappa shape index (κ2) is 7.21. The zero-order chi connectivity index (χ0) is 16.2. The Kier molecular flexibility index (Phi) is 5.05. The van der Waals surface area contributed by atoms with Crippen LogP contribution in [0.1, 0.15) is 33.4 Å². The molecular formula is C17H21N3O2S. The number of methoxy groups -OCH3 is 1. The normalized spacial score (nSPS) is 14.5. The van der Waals surface area contributed by atoms with Crippen molar-refractivity contribution in [2.24, 2.45) is 0 Å². The van der Waals surface area contributed by atoms with Gasteiger partial charge in [-0.1, -0.05) is 19.1 Å². The summed E-state index contributed by atoms with van der Waals surface area (Å²) in [6.45, 7) is 5.75. The van der Waals surface area contributed by atoms with E-state index in [2.05, 4.69) is 22.1 Å². The largest absolute Gasteiger partial charge is 0.380 e. The predicted molar refractivity (Wildman–Crippen MR) is 91.9 cm³/mol. The van der Waals surface area contributed by atoms with Gasteiger partial charge in [0.1, 0.15) is 0 Å². The maximum absolute atomic E-state index is 12.3. The van der Waals surface area contributed by atoms with E-state index < -0.39 is 0 Å². The van der Waals surface area contributed by atoms with E-state index in [0.717, 1.165) is 37.3 Å². The lowest BCUT2D eigenvalue weighted by Crippen LogP contribution is -2.29. The van der Waals surface area contributed by atoms with Crippen molar-refractivity contribution in [2.45, 2.75) is 26.5 Å². The smallest absolute Gasteiger partial charge is 0.257 e. The fourth-order valence-corrected chi connectivity index (χ4v) is 3.71.